The standard InChI is InChI=1S/C20H23NO4/c1-3-11-24-19(23)16-15-9-10-20(25-15)12-21(18(22)17(16)20)13(2)14-7-5-4-6-8-14/h4-10,13,15-17H,3,11-12H2,1-2H3/t13-,15-,16+,17-,20+/m0/s1. The Balaban J connectivity index is 1.60. The average molecular weight is 341 g/mol. The Kier molecular flexibility index (Phi) is 3.91. The molecule has 5 heteroatoms. The van der Waals surface area contributed by atoms with Crippen molar-refractivity contribution in [3.8, 4) is 0 Å². The van der Waals surface area contributed by atoms with Gasteiger partial charge < -0.3 is 14.4 Å². The van der Waals surface area contributed by atoms with E-state index in [0.717, 1.165) is 12.0 Å². The van der Waals surface area contributed by atoms with Crippen LogP contribution in [0.1, 0.15) is 31.9 Å². The number of nitrogens with zero attached hydrogens (tertiary/aromatic N) is 1. The van der Waals surface area contributed by atoms with Gasteiger partial charge >= 0.3 is 5.97 Å². The minimum atomic E-state index is -0.680. The molecule has 3 aliphatic rings. The van der Waals surface area contributed by atoms with Crippen molar-refractivity contribution in [2.24, 2.45) is 11.8 Å². The monoisotopic (exact) mass is 341 g/mol. The zero-order chi connectivity index (χ0) is 17.6. The lowest BCUT2D eigenvalue weighted by atomic mass is 9.77. The van der Waals surface area contributed by atoms with E-state index in [1.807, 2.05) is 61.2 Å². The lowest BCUT2D eigenvalue weighted by molar-refractivity contribution is -0.154. The van der Waals surface area contributed by atoms with E-state index < -0.39 is 17.4 Å². The maximum absolute atomic E-state index is 13.2. The zero-order valence-corrected chi connectivity index (χ0v) is 14.6. The van der Waals surface area contributed by atoms with E-state index in [1.54, 1.807) is 0 Å². The van der Waals surface area contributed by atoms with E-state index >= 15 is 0 Å². The number of benzene rings is 1. The van der Waals surface area contributed by atoms with Crippen LogP contribution >= 0.6 is 0 Å². The number of fused-ring (bicyclic) bond motifs is 1. The summed E-state index contributed by atoms with van der Waals surface area (Å²) in [4.78, 5) is 27.5. The van der Waals surface area contributed by atoms with Crippen LogP contribution in [0, 0.1) is 11.8 Å². The molecular formula is C20H23NO4. The van der Waals surface area contributed by atoms with Crippen molar-refractivity contribution in [3.63, 3.8) is 0 Å². The Morgan fingerprint density at radius 1 is 1.40 bits per heavy atom. The van der Waals surface area contributed by atoms with Crippen LogP contribution < -0.4 is 0 Å². The highest BCUT2D eigenvalue weighted by Crippen LogP contribution is 2.53. The molecule has 2 saturated heterocycles. The van der Waals surface area contributed by atoms with Crippen LogP contribution in [0.5, 0.6) is 0 Å². The molecule has 0 saturated carbocycles. The van der Waals surface area contributed by atoms with Gasteiger partial charge in [-0.1, -0.05) is 49.4 Å². The molecule has 0 N–H and O–H groups in total. The lowest BCUT2D eigenvalue weighted by Gasteiger charge is -2.27. The van der Waals surface area contributed by atoms with Gasteiger partial charge in [-0.25, -0.2) is 0 Å². The molecule has 5 atom stereocenters. The molecule has 5 nitrogen and oxygen atoms in total. The highest BCUT2D eigenvalue weighted by atomic mass is 16.6. The summed E-state index contributed by atoms with van der Waals surface area (Å²) < 4.78 is 11.4. The topological polar surface area (TPSA) is 55.8 Å². The molecule has 132 valence electrons. The lowest BCUT2D eigenvalue weighted by Crippen LogP contribution is -2.40. The first kappa shape index (κ1) is 16.3. The first-order valence-corrected chi connectivity index (χ1v) is 8.96. The third kappa shape index (κ3) is 2.41. The number of carbonyl (C=O) groups is 2. The van der Waals surface area contributed by atoms with Gasteiger partial charge in [0.25, 0.3) is 0 Å². The quantitative estimate of drug-likeness (QED) is 0.610. The van der Waals surface area contributed by atoms with Crippen LogP contribution in [0.15, 0.2) is 42.5 Å². The van der Waals surface area contributed by atoms with Crippen molar-refractivity contribution < 1.29 is 19.1 Å². The summed E-state index contributed by atoms with van der Waals surface area (Å²) in [6, 6.07) is 9.88. The van der Waals surface area contributed by atoms with Gasteiger partial charge in [0.1, 0.15) is 11.5 Å². The first-order valence-electron chi connectivity index (χ1n) is 8.96. The Hall–Kier alpha value is -2.14. The van der Waals surface area contributed by atoms with Gasteiger partial charge in [-0.15, -0.1) is 0 Å². The smallest absolute Gasteiger partial charge is 0.312 e. The fraction of sp³-hybridized carbons (Fsp3) is 0.500. The summed E-state index contributed by atoms with van der Waals surface area (Å²) in [6.45, 7) is 4.84. The molecule has 1 spiro atoms. The minimum absolute atomic E-state index is 0.0124. The van der Waals surface area contributed by atoms with E-state index in [0.29, 0.717) is 13.2 Å². The fourth-order valence-corrected chi connectivity index (χ4v) is 4.34. The molecule has 2 fully saturated rings. The van der Waals surface area contributed by atoms with E-state index in [2.05, 4.69) is 0 Å². The van der Waals surface area contributed by atoms with Gasteiger partial charge in [0.05, 0.1) is 31.2 Å². The SMILES string of the molecule is CCCOC(=O)[C@@H]1[C@@H]2C=C[C@]3(CN([C@@H](C)c4ccccc4)C(=O)[C@H]13)O2. The van der Waals surface area contributed by atoms with Crippen molar-refractivity contribution in [2.45, 2.75) is 38.0 Å². The van der Waals surface area contributed by atoms with Crippen LogP contribution in [0.25, 0.3) is 0 Å². The summed E-state index contributed by atoms with van der Waals surface area (Å²) in [6.07, 6.45) is 4.31. The Labute approximate surface area is 147 Å². The van der Waals surface area contributed by atoms with Gasteiger partial charge in [0, 0.05) is 0 Å². The van der Waals surface area contributed by atoms with Crippen molar-refractivity contribution >= 4 is 11.9 Å². The average Bonchev–Trinajstić information content (AvgIpc) is 3.28. The number of hydrogen-bond acceptors (Lipinski definition) is 4. The molecule has 0 unspecified atom stereocenters. The number of ether oxygens (including phenoxy) is 2. The van der Waals surface area contributed by atoms with Gasteiger partial charge in [-0.2, -0.15) is 0 Å². The molecule has 1 aromatic carbocycles. The molecule has 3 aliphatic heterocycles. The van der Waals surface area contributed by atoms with E-state index in [1.165, 1.54) is 0 Å². The van der Waals surface area contributed by atoms with Crippen LogP contribution in [0.2, 0.25) is 0 Å². The highest BCUT2D eigenvalue weighted by Gasteiger charge is 2.67. The second kappa shape index (κ2) is 5.99. The number of likely N-dealkylation sites (tertiary alicyclic amines) is 1. The van der Waals surface area contributed by atoms with Crippen molar-refractivity contribution in [1.29, 1.82) is 0 Å². The van der Waals surface area contributed by atoms with Gasteiger partial charge in [-0.05, 0) is 18.9 Å². The number of hydrogen-bond donors (Lipinski definition) is 0. The van der Waals surface area contributed by atoms with E-state index in [-0.39, 0.29) is 24.0 Å². The molecule has 1 aromatic rings. The Morgan fingerprint density at radius 2 is 2.16 bits per heavy atom. The maximum Gasteiger partial charge on any atom is 0.312 e. The third-order valence-electron chi connectivity index (χ3n) is 5.60. The van der Waals surface area contributed by atoms with Crippen LogP contribution in [0.3, 0.4) is 0 Å². The van der Waals surface area contributed by atoms with E-state index in [4.69, 9.17) is 9.47 Å². The summed E-state index contributed by atoms with van der Waals surface area (Å²) >= 11 is 0. The second-order valence-electron chi connectivity index (χ2n) is 7.12. The van der Waals surface area contributed by atoms with Crippen molar-refractivity contribution in [3.05, 3.63) is 48.0 Å². The molecule has 2 bridgehead atoms. The number of rotatable bonds is 5. The Bertz CT molecular complexity index is 716. The third-order valence-corrected chi connectivity index (χ3v) is 5.60. The van der Waals surface area contributed by atoms with Crippen molar-refractivity contribution in [2.75, 3.05) is 13.2 Å². The molecule has 0 aliphatic carbocycles. The van der Waals surface area contributed by atoms with E-state index in [9.17, 15) is 9.59 Å². The van der Waals surface area contributed by atoms with Crippen molar-refractivity contribution in [1.82, 2.24) is 4.90 Å². The molecule has 0 radical (unpaired) electrons. The van der Waals surface area contributed by atoms with Gasteiger partial charge in [0.2, 0.25) is 5.91 Å². The first-order chi connectivity index (χ1) is 12.1. The number of esters is 1. The maximum atomic E-state index is 13.2. The molecule has 25 heavy (non-hydrogen) atoms. The van der Waals surface area contributed by atoms with Crippen LogP contribution in [0.4, 0.5) is 0 Å². The largest absolute Gasteiger partial charge is 0.465 e. The normalized spacial score (nSPS) is 33.6. The molecule has 4 rings (SSSR count). The van der Waals surface area contributed by atoms with Gasteiger partial charge in [-0.3, -0.25) is 9.59 Å². The predicted molar refractivity (Wildman–Crippen MR) is 91.5 cm³/mol. The number of amides is 1. The molecule has 0 aromatic heterocycles. The summed E-state index contributed by atoms with van der Waals surface area (Å²) in [5.74, 6) is -1.33. The minimum Gasteiger partial charge on any atom is -0.465 e. The molecule has 1 amide bonds. The van der Waals surface area contributed by atoms with Crippen LogP contribution in [-0.4, -0.2) is 41.6 Å². The predicted octanol–water partition coefficient (Wildman–Crippen LogP) is 2.48. The molecular weight excluding hydrogens is 318 g/mol. The highest BCUT2D eigenvalue weighted by molar-refractivity contribution is 5.91. The van der Waals surface area contributed by atoms with Gasteiger partial charge in [0.15, 0.2) is 0 Å². The number of carbonyl (C=O) groups excluding carboxylic acids is 2. The molecule has 3 heterocycles. The van der Waals surface area contributed by atoms with Crippen LogP contribution in [-0.2, 0) is 19.1 Å². The summed E-state index contributed by atoms with van der Waals surface area (Å²) in [5, 5.41) is 0. The Morgan fingerprint density at radius 3 is 2.88 bits per heavy atom. The summed E-state index contributed by atoms with van der Waals surface area (Å²) in [7, 11) is 0. The zero-order valence-electron chi connectivity index (χ0n) is 14.6. The summed E-state index contributed by atoms with van der Waals surface area (Å²) in [5.41, 5.74) is 0.400. The second-order valence-corrected chi connectivity index (χ2v) is 7.12. The fourth-order valence-electron chi connectivity index (χ4n) is 4.34.